The highest BCUT2D eigenvalue weighted by molar-refractivity contribution is 9.11. The smallest absolute Gasteiger partial charge is 0.354 e. The first-order chi connectivity index (χ1) is 7.56. The zero-order chi connectivity index (χ0) is 11.7. The highest BCUT2D eigenvalue weighted by Crippen LogP contribution is 2.30. The van der Waals surface area contributed by atoms with E-state index < -0.39 is 5.97 Å². The van der Waals surface area contributed by atoms with E-state index in [1.54, 1.807) is 6.92 Å². The van der Waals surface area contributed by atoms with E-state index >= 15 is 0 Å². The molecular weight excluding hydrogens is 292 g/mol. The fourth-order valence-electron chi connectivity index (χ4n) is 1.26. The lowest BCUT2D eigenvalue weighted by Crippen LogP contribution is -2.03. The quantitative estimate of drug-likeness (QED) is 0.926. The van der Waals surface area contributed by atoms with Gasteiger partial charge in [-0.2, -0.15) is 0 Å². The SMILES string of the molecule is Cc1nc(C(=O)O)cc(-c2ccc(Br)s2)n1. The van der Waals surface area contributed by atoms with Gasteiger partial charge in [-0.1, -0.05) is 0 Å². The summed E-state index contributed by atoms with van der Waals surface area (Å²) < 4.78 is 0.982. The molecule has 0 aromatic carbocycles. The highest BCUT2D eigenvalue weighted by Gasteiger charge is 2.10. The molecule has 82 valence electrons. The first-order valence-electron chi connectivity index (χ1n) is 4.41. The Morgan fingerprint density at radius 1 is 1.44 bits per heavy atom. The predicted octanol–water partition coefficient (Wildman–Crippen LogP) is 2.97. The normalized spacial score (nSPS) is 10.4. The van der Waals surface area contributed by atoms with E-state index in [2.05, 4.69) is 25.9 Å². The van der Waals surface area contributed by atoms with Gasteiger partial charge in [0.1, 0.15) is 5.82 Å². The van der Waals surface area contributed by atoms with Crippen LogP contribution < -0.4 is 0 Å². The molecule has 0 aliphatic heterocycles. The summed E-state index contributed by atoms with van der Waals surface area (Å²) in [5.41, 5.74) is 0.660. The number of aromatic nitrogens is 2. The number of carbonyl (C=O) groups is 1. The van der Waals surface area contributed by atoms with Crippen molar-refractivity contribution in [3.05, 3.63) is 33.5 Å². The minimum atomic E-state index is -1.04. The number of thiophene rings is 1. The van der Waals surface area contributed by atoms with Gasteiger partial charge in [0.2, 0.25) is 0 Å². The van der Waals surface area contributed by atoms with E-state index in [9.17, 15) is 4.79 Å². The fourth-order valence-corrected chi connectivity index (χ4v) is 2.60. The van der Waals surface area contributed by atoms with Crippen LogP contribution in [0.3, 0.4) is 0 Å². The van der Waals surface area contributed by atoms with Crippen molar-refractivity contribution in [3.8, 4) is 10.6 Å². The number of aryl methyl sites for hydroxylation is 1. The minimum absolute atomic E-state index is 0.0204. The van der Waals surface area contributed by atoms with Crippen LogP contribution in [-0.4, -0.2) is 21.0 Å². The van der Waals surface area contributed by atoms with E-state index in [4.69, 9.17) is 5.11 Å². The lowest BCUT2D eigenvalue weighted by molar-refractivity contribution is 0.0690. The first-order valence-corrected chi connectivity index (χ1v) is 6.02. The number of hydrogen-bond acceptors (Lipinski definition) is 4. The van der Waals surface area contributed by atoms with Crippen LogP contribution in [0.15, 0.2) is 22.0 Å². The largest absolute Gasteiger partial charge is 0.477 e. The van der Waals surface area contributed by atoms with Gasteiger partial charge in [0.05, 0.1) is 14.4 Å². The van der Waals surface area contributed by atoms with Crippen LogP contribution >= 0.6 is 27.3 Å². The summed E-state index contributed by atoms with van der Waals surface area (Å²) in [7, 11) is 0. The van der Waals surface area contributed by atoms with Crippen molar-refractivity contribution < 1.29 is 9.90 Å². The second-order valence-corrected chi connectivity index (χ2v) is 5.56. The first kappa shape index (κ1) is 11.2. The Morgan fingerprint density at radius 2 is 2.19 bits per heavy atom. The second kappa shape index (κ2) is 4.31. The number of carboxylic acid groups (broad SMARTS) is 1. The average Bonchev–Trinajstić information content (AvgIpc) is 2.64. The summed E-state index contributed by atoms with van der Waals surface area (Å²) in [6, 6.07) is 5.27. The fraction of sp³-hybridized carbons (Fsp3) is 0.100. The zero-order valence-electron chi connectivity index (χ0n) is 8.27. The number of carboxylic acids is 1. The molecule has 1 N–H and O–H groups in total. The lowest BCUT2D eigenvalue weighted by atomic mass is 10.3. The van der Waals surface area contributed by atoms with E-state index in [1.807, 2.05) is 12.1 Å². The molecule has 0 saturated carbocycles. The molecule has 16 heavy (non-hydrogen) atoms. The van der Waals surface area contributed by atoms with Crippen LogP contribution in [0.1, 0.15) is 16.3 Å². The van der Waals surface area contributed by atoms with Gasteiger partial charge in [0, 0.05) is 0 Å². The minimum Gasteiger partial charge on any atom is -0.477 e. The third-order valence-electron chi connectivity index (χ3n) is 1.88. The molecule has 0 aliphatic rings. The van der Waals surface area contributed by atoms with Gasteiger partial charge in [-0.05, 0) is 41.1 Å². The Morgan fingerprint density at radius 3 is 2.75 bits per heavy atom. The molecule has 2 heterocycles. The van der Waals surface area contributed by atoms with Crippen molar-refractivity contribution in [3.63, 3.8) is 0 Å². The number of nitrogens with zero attached hydrogens (tertiary/aromatic N) is 2. The molecule has 0 fully saturated rings. The van der Waals surface area contributed by atoms with Gasteiger partial charge in [-0.25, -0.2) is 14.8 Å². The van der Waals surface area contributed by atoms with Crippen molar-refractivity contribution in [2.45, 2.75) is 6.92 Å². The Labute approximate surface area is 104 Å². The summed E-state index contributed by atoms with van der Waals surface area (Å²) in [6.45, 7) is 1.68. The van der Waals surface area contributed by atoms with Gasteiger partial charge in [0.15, 0.2) is 5.69 Å². The van der Waals surface area contributed by atoms with Crippen LogP contribution in [0.4, 0.5) is 0 Å². The average molecular weight is 299 g/mol. The molecule has 0 spiro atoms. The third-order valence-corrected chi connectivity index (χ3v) is 3.53. The van der Waals surface area contributed by atoms with Crippen LogP contribution in [0.25, 0.3) is 10.6 Å². The Balaban J connectivity index is 2.53. The van der Waals surface area contributed by atoms with Crippen molar-refractivity contribution in [1.82, 2.24) is 9.97 Å². The maximum absolute atomic E-state index is 10.8. The predicted molar refractivity (Wildman–Crippen MR) is 64.7 cm³/mol. The molecule has 2 rings (SSSR count). The lowest BCUT2D eigenvalue weighted by Gasteiger charge is -2.00. The molecule has 0 saturated heterocycles. The molecule has 0 atom stereocenters. The molecule has 0 unspecified atom stereocenters. The van der Waals surface area contributed by atoms with Crippen LogP contribution in [0.5, 0.6) is 0 Å². The van der Waals surface area contributed by atoms with Crippen molar-refractivity contribution in [2.24, 2.45) is 0 Å². The van der Waals surface area contributed by atoms with Gasteiger partial charge >= 0.3 is 5.97 Å². The van der Waals surface area contributed by atoms with E-state index in [0.717, 1.165) is 8.66 Å². The van der Waals surface area contributed by atoms with E-state index in [0.29, 0.717) is 11.5 Å². The summed E-state index contributed by atoms with van der Waals surface area (Å²) in [6.07, 6.45) is 0. The van der Waals surface area contributed by atoms with Crippen molar-refractivity contribution in [2.75, 3.05) is 0 Å². The molecule has 6 heteroatoms. The van der Waals surface area contributed by atoms with Crippen molar-refractivity contribution >= 4 is 33.2 Å². The number of hydrogen-bond donors (Lipinski definition) is 1. The summed E-state index contributed by atoms with van der Waals surface area (Å²) in [5.74, 6) is -0.582. The molecule has 0 amide bonds. The van der Waals surface area contributed by atoms with E-state index in [1.165, 1.54) is 17.4 Å². The van der Waals surface area contributed by atoms with Crippen LogP contribution in [0.2, 0.25) is 0 Å². The third kappa shape index (κ3) is 2.28. The zero-order valence-corrected chi connectivity index (χ0v) is 10.7. The molecule has 2 aromatic heterocycles. The molecule has 0 aliphatic carbocycles. The Kier molecular flexibility index (Phi) is 3.02. The number of halogens is 1. The standard InChI is InChI=1S/C10H7BrN2O2S/c1-5-12-6(4-7(13-5)10(14)15)8-2-3-9(11)16-8/h2-4H,1H3,(H,14,15). The van der Waals surface area contributed by atoms with Gasteiger partial charge < -0.3 is 5.11 Å². The highest BCUT2D eigenvalue weighted by atomic mass is 79.9. The van der Waals surface area contributed by atoms with Gasteiger partial charge in [-0.15, -0.1) is 11.3 Å². The molecular formula is C10H7BrN2O2S. The topological polar surface area (TPSA) is 63.1 Å². The van der Waals surface area contributed by atoms with Crippen LogP contribution in [-0.2, 0) is 0 Å². The van der Waals surface area contributed by atoms with Gasteiger partial charge in [-0.3, -0.25) is 0 Å². The number of rotatable bonds is 2. The molecule has 0 radical (unpaired) electrons. The monoisotopic (exact) mass is 298 g/mol. The number of aromatic carboxylic acids is 1. The van der Waals surface area contributed by atoms with Crippen molar-refractivity contribution in [1.29, 1.82) is 0 Å². The second-order valence-electron chi connectivity index (χ2n) is 3.09. The maximum atomic E-state index is 10.8. The molecule has 2 aromatic rings. The Bertz CT molecular complexity index is 554. The van der Waals surface area contributed by atoms with Crippen LogP contribution in [0, 0.1) is 6.92 Å². The molecule has 0 bridgehead atoms. The van der Waals surface area contributed by atoms with E-state index in [-0.39, 0.29) is 5.69 Å². The molecule has 4 nitrogen and oxygen atoms in total. The Hall–Kier alpha value is -1.27. The van der Waals surface area contributed by atoms with Gasteiger partial charge in [0.25, 0.3) is 0 Å². The summed E-state index contributed by atoms with van der Waals surface area (Å²) >= 11 is 4.86. The summed E-state index contributed by atoms with van der Waals surface area (Å²) in [4.78, 5) is 19.8. The summed E-state index contributed by atoms with van der Waals surface area (Å²) in [5, 5.41) is 8.89. The maximum Gasteiger partial charge on any atom is 0.354 e.